The zero-order chi connectivity index (χ0) is 17.3. The van der Waals surface area contributed by atoms with Crippen LogP contribution in [0.25, 0.3) is 11.1 Å². The molecule has 1 aliphatic carbocycles. The normalized spacial score (nSPS) is 11.3. The number of carbonyl (C=O) groups is 3. The Labute approximate surface area is 167 Å². The van der Waals surface area contributed by atoms with Crippen LogP contribution in [0.2, 0.25) is 0 Å². The maximum absolute atomic E-state index is 12.5. The van der Waals surface area contributed by atoms with E-state index in [9.17, 15) is 19.5 Å². The molecule has 0 aliphatic heterocycles. The molecular formula is C19H15NaO5. The summed E-state index contributed by atoms with van der Waals surface area (Å²) in [5, 5.41) is 11.0. The molecule has 0 N–H and O–H groups in total. The SMILES string of the molecule is CCCCOC(=O)c1ccc2c(c1)C(=O)c1cc(C(=O)[O-])ccc1-2.[Na+]. The molecule has 0 saturated heterocycles. The number of hydrogen-bond donors (Lipinski definition) is 0. The smallest absolute Gasteiger partial charge is 0.545 e. The summed E-state index contributed by atoms with van der Waals surface area (Å²) in [6, 6.07) is 9.11. The first-order valence-corrected chi connectivity index (χ1v) is 7.74. The van der Waals surface area contributed by atoms with Crippen LogP contribution < -0.4 is 34.7 Å². The van der Waals surface area contributed by atoms with E-state index in [1.54, 1.807) is 18.2 Å². The van der Waals surface area contributed by atoms with E-state index in [1.807, 2.05) is 6.92 Å². The molecule has 0 aromatic heterocycles. The molecule has 5 nitrogen and oxygen atoms in total. The third kappa shape index (κ3) is 3.68. The molecule has 122 valence electrons. The maximum atomic E-state index is 12.5. The van der Waals surface area contributed by atoms with Crippen molar-refractivity contribution in [3.05, 3.63) is 58.7 Å². The number of esters is 1. The topological polar surface area (TPSA) is 83.5 Å². The standard InChI is InChI=1S/C19H16O5.Na/c1-2-3-8-24-19(23)12-5-7-14-13-6-4-11(18(21)22)9-15(13)17(20)16(14)10-12;/h4-7,9-10H,2-3,8H2,1H3,(H,21,22);/q;+1/p-1. The van der Waals surface area contributed by atoms with E-state index in [2.05, 4.69) is 0 Å². The molecule has 0 bridgehead atoms. The number of benzene rings is 2. The van der Waals surface area contributed by atoms with Crippen molar-refractivity contribution < 1.29 is 53.8 Å². The molecule has 0 heterocycles. The van der Waals surface area contributed by atoms with Gasteiger partial charge in [-0.25, -0.2) is 4.79 Å². The van der Waals surface area contributed by atoms with E-state index >= 15 is 0 Å². The summed E-state index contributed by atoms with van der Waals surface area (Å²) in [5.74, 6) is -2.10. The van der Waals surface area contributed by atoms with Crippen LogP contribution in [-0.2, 0) is 4.74 Å². The number of hydrogen-bond acceptors (Lipinski definition) is 5. The fraction of sp³-hybridized carbons (Fsp3) is 0.211. The van der Waals surface area contributed by atoms with Crippen molar-refractivity contribution in [1.29, 1.82) is 0 Å². The molecule has 3 rings (SSSR count). The van der Waals surface area contributed by atoms with Gasteiger partial charge in [-0.3, -0.25) is 4.79 Å². The summed E-state index contributed by atoms with van der Waals surface area (Å²) in [6.07, 6.45) is 1.71. The Morgan fingerprint density at radius 2 is 1.52 bits per heavy atom. The Morgan fingerprint density at radius 1 is 0.960 bits per heavy atom. The van der Waals surface area contributed by atoms with E-state index < -0.39 is 11.9 Å². The molecule has 25 heavy (non-hydrogen) atoms. The first-order valence-electron chi connectivity index (χ1n) is 7.74. The van der Waals surface area contributed by atoms with Gasteiger partial charge in [-0.1, -0.05) is 31.5 Å². The van der Waals surface area contributed by atoms with E-state index in [0.29, 0.717) is 34.4 Å². The first-order chi connectivity index (χ1) is 11.5. The number of carboxylic acid groups (broad SMARTS) is 1. The molecule has 0 unspecified atom stereocenters. The number of fused-ring (bicyclic) bond motifs is 3. The van der Waals surface area contributed by atoms with Gasteiger partial charge in [-0.05, 0) is 41.3 Å². The van der Waals surface area contributed by atoms with Gasteiger partial charge in [-0.2, -0.15) is 0 Å². The molecule has 1 aliphatic rings. The van der Waals surface area contributed by atoms with Gasteiger partial charge in [0.1, 0.15) is 0 Å². The summed E-state index contributed by atoms with van der Waals surface area (Å²) in [4.78, 5) is 35.5. The molecule has 2 aromatic carbocycles. The Bertz CT molecular complexity index is 857. The van der Waals surface area contributed by atoms with Gasteiger partial charge in [0.2, 0.25) is 0 Å². The minimum atomic E-state index is -1.33. The van der Waals surface area contributed by atoms with Crippen LogP contribution in [0.3, 0.4) is 0 Å². The van der Waals surface area contributed by atoms with E-state index in [4.69, 9.17) is 4.74 Å². The predicted molar refractivity (Wildman–Crippen MR) is 84.8 cm³/mol. The fourth-order valence-corrected chi connectivity index (χ4v) is 2.73. The van der Waals surface area contributed by atoms with Crippen molar-refractivity contribution in [2.24, 2.45) is 0 Å². The quantitative estimate of drug-likeness (QED) is 0.344. The molecule has 0 spiro atoms. The number of carbonyl (C=O) groups excluding carboxylic acids is 3. The predicted octanol–water partition coefficient (Wildman–Crippen LogP) is -0.778. The monoisotopic (exact) mass is 346 g/mol. The zero-order valence-corrected chi connectivity index (χ0v) is 16.1. The molecular weight excluding hydrogens is 331 g/mol. The number of aromatic carboxylic acids is 1. The van der Waals surface area contributed by atoms with E-state index in [0.717, 1.165) is 12.8 Å². The van der Waals surface area contributed by atoms with Crippen molar-refractivity contribution >= 4 is 17.7 Å². The number of carboxylic acids is 1. The van der Waals surface area contributed by atoms with Gasteiger partial charge >= 0.3 is 35.5 Å². The van der Waals surface area contributed by atoms with E-state index in [1.165, 1.54) is 18.2 Å². The number of ether oxygens (including phenoxy) is 1. The summed E-state index contributed by atoms with van der Waals surface area (Å²) >= 11 is 0. The molecule has 6 heteroatoms. The summed E-state index contributed by atoms with van der Waals surface area (Å²) in [7, 11) is 0. The van der Waals surface area contributed by atoms with Crippen LogP contribution in [0.5, 0.6) is 0 Å². The zero-order valence-electron chi connectivity index (χ0n) is 14.1. The average Bonchev–Trinajstić information content (AvgIpc) is 2.87. The molecule has 0 radical (unpaired) electrons. The second kappa shape index (κ2) is 7.95. The third-order valence-corrected chi connectivity index (χ3v) is 4.02. The fourth-order valence-electron chi connectivity index (χ4n) is 2.73. The van der Waals surface area contributed by atoms with Gasteiger partial charge in [0.25, 0.3) is 0 Å². The maximum Gasteiger partial charge on any atom is 1.00 e. The first kappa shape index (κ1) is 19.4. The second-order valence-electron chi connectivity index (χ2n) is 5.63. The Kier molecular flexibility index (Phi) is 6.16. The van der Waals surface area contributed by atoms with Crippen LogP contribution in [-0.4, -0.2) is 24.3 Å². The van der Waals surface area contributed by atoms with Crippen molar-refractivity contribution in [2.75, 3.05) is 6.61 Å². The Hall–Kier alpha value is -1.95. The largest absolute Gasteiger partial charge is 1.00 e. The molecule has 2 aromatic rings. The number of rotatable bonds is 5. The van der Waals surface area contributed by atoms with Gasteiger partial charge < -0.3 is 14.6 Å². The molecule has 0 fully saturated rings. The Morgan fingerprint density at radius 3 is 2.08 bits per heavy atom. The Balaban J connectivity index is 0.00000225. The van der Waals surface area contributed by atoms with Gasteiger partial charge in [-0.15, -0.1) is 0 Å². The van der Waals surface area contributed by atoms with Crippen molar-refractivity contribution in [3.8, 4) is 11.1 Å². The number of unbranched alkanes of at least 4 members (excludes halogenated alkanes) is 1. The van der Waals surface area contributed by atoms with Crippen molar-refractivity contribution in [1.82, 2.24) is 0 Å². The van der Waals surface area contributed by atoms with Crippen molar-refractivity contribution in [3.63, 3.8) is 0 Å². The molecule has 0 amide bonds. The van der Waals surface area contributed by atoms with Crippen molar-refractivity contribution in [2.45, 2.75) is 19.8 Å². The van der Waals surface area contributed by atoms with Gasteiger partial charge in [0.05, 0.1) is 18.1 Å². The van der Waals surface area contributed by atoms with Crippen LogP contribution in [0.4, 0.5) is 0 Å². The molecule has 0 atom stereocenters. The van der Waals surface area contributed by atoms with Crippen LogP contribution in [0.1, 0.15) is 56.4 Å². The van der Waals surface area contributed by atoms with Crippen LogP contribution >= 0.6 is 0 Å². The third-order valence-electron chi connectivity index (χ3n) is 4.02. The van der Waals surface area contributed by atoms with Gasteiger partial charge in [0.15, 0.2) is 5.78 Å². The van der Waals surface area contributed by atoms with Crippen LogP contribution in [0, 0.1) is 0 Å². The summed E-state index contributed by atoms with van der Waals surface area (Å²) in [6.45, 7) is 2.34. The van der Waals surface area contributed by atoms with Crippen LogP contribution in [0.15, 0.2) is 36.4 Å². The second-order valence-corrected chi connectivity index (χ2v) is 5.63. The summed E-state index contributed by atoms with van der Waals surface area (Å²) in [5.41, 5.74) is 2.30. The van der Waals surface area contributed by atoms with Gasteiger partial charge in [0, 0.05) is 11.1 Å². The molecule has 0 saturated carbocycles. The summed E-state index contributed by atoms with van der Waals surface area (Å²) < 4.78 is 5.15. The average molecular weight is 346 g/mol. The minimum absolute atomic E-state index is 0. The number of ketones is 1. The minimum Gasteiger partial charge on any atom is -0.545 e. The van der Waals surface area contributed by atoms with E-state index in [-0.39, 0.29) is 40.9 Å².